The second-order valence-corrected chi connectivity index (χ2v) is 7.31. The average molecular weight is 308 g/mol. The zero-order valence-electron chi connectivity index (χ0n) is 12.8. The van der Waals surface area contributed by atoms with Gasteiger partial charge in [-0.25, -0.2) is 0 Å². The van der Waals surface area contributed by atoms with Crippen molar-refractivity contribution in [3.05, 3.63) is 30.3 Å². The van der Waals surface area contributed by atoms with Gasteiger partial charge < -0.3 is 9.80 Å². The molecule has 5 heteroatoms. The van der Waals surface area contributed by atoms with Gasteiger partial charge >= 0.3 is 0 Å². The Morgan fingerprint density at radius 3 is 2.71 bits per heavy atom. The highest BCUT2D eigenvalue weighted by Crippen LogP contribution is 2.18. The van der Waals surface area contributed by atoms with Gasteiger partial charge in [0.2, 0.25) is 5.91 Å². The zero-order chi connectivity index (χ0) is 15.2. The Labute approximate surface area is 129 Å². The van der Waals surface area contributed by atoms with Crippen LogP contribution in [-0.2, 0) is 15.6 Å². The molecule has 0 bridgehead atoms. The number of benzene rings is 1. The van der Waals surface area contributed by atoms with Crippen LogP contribution in [0.3, 0.4) is 0 Å². The minimum absolute atomic E-state index is 0.0962. The summed E-state index contributed by atoms with van der Waals surface area (Å²) in [6, 6.07) is 9.58. The monoisotopic (exact) mass is 308 g/mol. The van der Waals surface area contributed by atoms with Crippen molar-refractivity contribution in [3.8, 4) is 0 Å². The molecule has 0 aromatic heterocycles. The first kappa shape index (κ1) is 16.2. The summed E-state index contributed by atoms with van der Waals surface area (Å²) in [5.74, 6) is 0.940. The number of rotatable bonds is 5. The zero-order valence-corrected chi connectivity index (χ0v) is 13.6. The van der Waals surface area contributed by atoms with Crippen LogP contribution >= 0.6 is 0 Å². The van der Waals surface area contributed by atoms with Crippen LogP contribution in [0, 0.1) is 5.92 Å². The first-order valence-corrected chi connectivity index (χ1v) is 8.77. The third-order valence-corrected chi connectivity index (χ3v) is 5.25. The van der Waals surface area contributed by atoms with E-state index in [2.05, 4.69) is 4.90 Å². The fourth-order valence-electron chi connectivity index (χ4n) is 2.73. The molecule has 1 aliphatic rings. The Bertz CT molecular complexity index is 490. The quantitative estimate of drug-likeness (QED) is 0.829. The molecule has 0 saturated carbocycles. The maximum absolute atomic E-state index is 12.2. The molecule has 0 N–H and O–H groups in total. The van der Waals surface area contributed by atoms with Crippen LogP contribution in [0.25, 0.3) is 0 Å². The summed E-state index contributed by atoms with van der Waals surface area (Å²) in [5, 5.41) is 0. The molecule has 4 nitrogen and oxygen atoms in total. The fourth-order valence-corrected chi connectivity index (χ4v) is 3.85. The van der Waals surface area contributed by atoms with Gasteiger partial charge in [0.25, 0.3) is 0 Å². The van der Waals surface area contributed by atoms with Crippen LogP contribution in [0.1, 0.15) is 12.8 Å². The summed E-state index contributed by atoms with van der Waals surface area (Å²) in [6.07, 6.45) is 2.01. The molecule has 1 amide bonds. The van der Waals surface area contributed by atoms with E-state index in [4.69, 9.17) is 0 Å². The number of amides is 1. The summed E-state index contributed by atoms with van der Waals surface area (Å²) >= 11 is 0. The van der Waals surface area contributed by atoms with Crippen molar-refractivity contribution in [1.82, 2.24) is 9.80 Å². The minimum atomic E-state index is -0.953. The van der Waals surface area contributed by atoms with Crippen molar-refractivity contribution in [2.45, 2.75) is 17.7 Å². The van der Waals surface area contributed by atoms with Crippen LogP contribution in [0.5, 0.6) is 0 Å². The Hall–Kier alpha value is -1.20. The maximum Gasteiger partial charge on any atom is 0.226 e. The molecule has 1 saturated heterocycles. The highest BCUT2D eigenvalue weighted by atomic mass is 32.2. The number of hydrogen-bond donors (Lipinski definition) is 0. The van der Waals surface area contributed by atoms with E-state index < -0.39 is 10.8 Å². The third kappa shape index (κ3) is 4.64. The van der Waals surface area contributed by atoms with Crippen LogP contribution in [0.15, 0.2) is 35.2 Å². The molecule has 1 aromatic rings. The summed E-state index contributed by atoms with van der Waals surface area (Å²) in [6.45, 7) is 2.59. The molecule has 1 heterocycles. The molecular formula is C16H24N2O2S. The van der Waals surface area contributed by atoms with Gasteiger partial charge in [0.1, 0.15) is 0 Å². The second-order valence-electron chi connectivity index (χ2n) is 5.74. The molecular weight excluding hydrogens is 284 g/mol. The number of carbonyl (C=O) groups excluding carboxylic acids is 1. The fraction of sp³-hybridized carbons (Fsp3) is 0.562. The molecule has 2 rings (SSSR count). The first-order valence-electron chi connectivity index (χ1n) is 7.45. The minimum Gasteiger partial charge on any atom is -0.349 e. The number of likely N-dealkylation sites (tertiary alicyclic amines) is 1. The predicted octanol–water partition coefficient (Wildman–Crippen LogP) is 1.59. The van der Waals surface area contributed by atoms with Crippen LogP contribution in [-0.4, -0.2) is 59.4 Å². The van der Waals surface area contributed by atoms with Crippen LogP contribution in [0.2, 0.25) is 0 Å². The van der Waals surface area contributed by atoms with Crippen molar-refractivity contribution in [2.24, 2.45) is 5.92 Å². The smallest absolute Gasteiger partial charge is 0.226 e. The molecule has 21 heavy (non-hydrogen) atoms. The summed E-state index contributed by atoms with van der Waals surface area (Å²) in [7, 11) is 2.67. The Morgan fingerprint density at radius 2 is 2.05 bits per heavy atom. The van der Waals surface area contributed by atoms with Gasteiger partial charge in [-0.3, -0.25) is 9.00 Å². The molecule has 1 fully saturated rings. The van der Waals surface area contributed by atoms with E-state index in [1.54, 1.807) is 4.90 Å². The topological polar surface area (TPSA) is 40.6 Å². The summed E-state index contributed by atoms with van der Waals surface area (Å²) in [4.78, 5) is 16.9. The lowest BCUT2D eigenvalue weighted by Crippen LogP contribution is -2.43. The van der Waals surface area contributed by atoms with E-state index in [0.717, 1.165) is 37.4 Å². The van der Waals surface area contributed by atoms with Gasteiger partial charge in [-0.15, -0.1) is 0 Å². The highest BCUT2D eigenvalue weighted by Gasteiger charge is 2.26. The van der Waals surface area contributed by atoms with Crippen LogP contribution in [0.4, 0.5) is 0 Å². The number of piperidine rings is 1. The van der Waals surface area contributed by atoms with Crippen molar-refractivity contribution in [2.75, 3.05) is 39.5 Å². The lowest BCUT2D eigenvalue weighted by molar-refractivity contribution is -0.134. The molecule has 0 radical (unpaired) electrons. The Balaban J connectivity index is 1.83. The van der Waals surface area contributed by atoms with Gasteiger partial charge in [0.15, 0.2) is 0 Å². The van der Waals surface area contributed by atoms with Gasteiger partial charge in [0.05, 0.1) is 16.7 Å². The number of nitrogens with zero attached hydrogens (tertiary/aromatic N) is 2. The Morgan fingerprint density at radius 1 is 1.33 bits per heavy atom. The normalized spacial score (nSPS) is 21.0. The van der Waals surface area contributed by atoms with Gasteiger partial charge in [-0.1, -0.05) is 18.2 Å². The predicted molar refractivity (Wildman–Crippen MR) is 85.6 cm³/mol. The molecule has 0 aliphatic carbocycles. The van der Waals surface area contributed by atoms with Crippen molar-refractivity contribution in [3.63, 3.8) is 0 Å². The highest BCUT2D eigenvalue weighted by molar-refractivity contribution is 7.85. The number of carbonyl (C=O) groups is 1. The first-order chi connectivity index (χ1) is 10.1. The van der Waals surface area contributed by atoms with Crippen molar-refractivity contribution < 1.29 is 9.00 Å². The maximum atomic E-state index is 12.2. The summed E-state index contributed by atoms with van der Waals surface area (Å²) in [5.41, 5.74) is 0. The summed E-state index contributed by atoms with van der Waals surface area (Å²) < 4.78 is 12.2. The van der Waals surface area contributed by atoms with E-state index in [9.17, 15) is 9.00 Å². The second kappa shape index (κ2) is 7.71. The van der Waals surface area contributed by atoms with Crippen molar-refractivity contribution >= 4 is 16.7 Å². The standard InChI is InChI=1S/C16H24N2O2S/c1-17(2)16(19)14-7-6-10-18(13-14)11-12-21(20)15-8-4-3-5-9-15/h3-5,8-9,14H,6-7,10-13H2,1-2H3/t14-,21+/m0/s1. The molecule has 1 aliphatic heterocycles. The van der Waals surface area contributed by atoms with E-state index in [-0.39, 0.29) is 11.8 Å². The van der Waals surface area contributed by atoms with Crippen molar-refractivity contribution in [1.29, 1.82) is 0 Å². The SMILES string of the molecule is CN(C)C(=O)[C@H]1CCCN(CC[S@@](=O)c2ccccc2)C1. The molecule has 2 atom stereocenters. The number of hydrogen-bond acceptors (Lipinski definition) is 3. The van der Waals surface area contributed by atoms with E-state index in [1.807, 2.05) is 44.4 Å². The average Bonchev–Trinajstić information content (AvgIpc) is 2.53. The Kier molecular flexibility index (Phi) is 5.94. The molecule has 116 valence electrons. The van der Waals surface area contributed by atoms with Gasteiger partial charge in [-0.05, 0) is 31.5 Å². The van der Waals surface area contributed by atoms with E-state index >= 15 is 0 Å². The lowest BCUT2D eigenvalue weighted by Gasteiger charge is -2.33. The molecule has 0 unspecified atom stereocenters. The molecule has 1 aromatic carbocycles. The van der Waals surface area contributed by atoms with Gasteiger partial charge in [-0.2, -0.15) is 0 Å². The van der Waals surface area contributed by atoms with Crippen LogP contribution < -0.4 is 0 Å². The third-order valence-electron chi connectivity index (χ3n) is 3.89. The largest absolute Gasteiger partial charge is 0.349 e. The van der Waals surface area contributed by atoms with E-state index in [0.29, 0.717) is 5.75 Å². The molecule has 0 spiro atoms. The van der Waals surface area contributed by atoms with Gasteiger partial charge in [0, 0.05) is 37.8 Å². The lowest BCUT2D eigenvalue weighted by atomic mass is 9.97. The van der Waals surface area contributed by atoms with E-state index in [1.165, 1.54) is 0 Å².